The van der Waals surface area contributed by atoms with Gasteiger partial charge in [-0.3, -0.25) is 9.35 Å². The monoisotopic (exact) mass is 313 g/mol. The highest BCUT2D eigenvalue weighted by atomic mass is 32.2. The van der Waals surface area contributed by atoms with E-state index in [4.69, 9.17) is 8.97 Å². The highest BCUT2D eigenvalue weighted by molar-refractivity contribution is 7.83. The minimum Gasteiger partial charge on any atom is -0.460 e. The summed E-state index contributed by atoms with van der Waals surface area (Å²) >= 11 is 0. The average Bonchev–Trinajstić information content (AvgIpc) is 2.34. The van der Waals surface area contributed by atoms with Gasteiger partial charge in [0.1, 0.15) is 17.1 Å². The SMILES string of the molecule is CC(C)(C)c1cc(=O)c2cc(ONS(=O)(=O)O)ccc2o1. The van der Waals surface area contributed by atoms with Crippen LogP contribution < -0.4 is 15.2 Å². The number of nitrogens with one attached hydrogen (secondary N) is 1. The zero-order valence-corrected chi connectivity index (χ0v) is 12.5. The van der Waals surface area contributed by atoms with Gasteiger partial charge in [-0.1, -0.05) is 20.8 Å². The standard InChI is InChI=1S/C13H15NO6S/c1-13(2,3)12-7-10(15)9-6-8(4-5-11(9)19-12)20-14-21(16,17)18/h4-7,14H,1-3H3,(H,16,17,18). The number of fused-ring (bicyclic) bond motifs is 1. The van der Waals surface area contributed by atoms with Gasteiger partial charge in [0, 0.05) is 11.5 Å². The van der Waals surface area contributed by atoms with E-state index in [1.165, 1.54) is 29.2 Å². The maximum Gasteiger partial charge on any atom is 0.364 e. The van der Waals surface area contributed by atoms with E-state index in [0.29, 0.717) is 11.3 Å². The maximum atomic E-state index is 12.1. The van der Waals surface area contributed by atoms with Crippen molar-refractivity contribution in [1.82, 2.24) is 4.89 Å². The van der Waals surface area contributed by atoms with Gasteiger partial charge in [0.25, 0.3) is 0 Å². The highest BCUT2D eigenvalue weighted by Crippen LogP contribution is 2.25. The molecule has 0 aliphatic rings. The van der Waals surface area contributed by atoms with Gasteiger partial charge in [-0.05, 0) is 23.1 Å². The van der Waals surface area contributed by atoms with Crippen molar-refractivity contribution in [3.05, 3.63) is 40.2 Å². The number of hydrogen-bond acceptors (Lipinski definition) is 5. The molecule has 2 rings (SSSR count). The Labute approximate surface area is 121 Å². The van der Waals surface area contributed by atoms with E-state index in [-0.39, 0.29) is 22.0 Å². The van der Waals surface area contributed by atoms with E-state index >= 15 is 0 Å². The van der Waals surface area contributed by atoms with Crippen molar-refractivity contribution in [3.8, 4) is 5.75 Å². The van der Waals surface area contributed by atoms with E-state index in [9.17, 15) is 13.2 Å². The van der Waals surface area contributed by atoms with E-state index in [1.54, 1.807) is 0 Å². The lowest BCUT2D eigenvalue weighted by Gasteiger charge is -2.17. The zero-order valence-electron chi connectivity index (χ0n) is 11.7. The summed E-state index contributed by atoms with van der Waals surface area (Å²) in [5.41, 5.74) is -0.209. The van der Waals surface area contributed by atoms with Gasteiger partial charge in [0.15, 0.2) is 5.43 Å². The van der Waals surface area contributed by atoms with Crippen LogP contribution in [0.5, 0.6) is 5.75 Å². The van der Waals surface area contributed by atoms with Gasteiger partial charge in [-0.2, -0.15) is 8.42 Å². The molecule has 0 spiro atoms. The molecule has 0 atom stereocenters. The molecule has 21 heavy (non-hydrogen) atoms. The second kappa shape index (κ2) is 5.14. The molecule has 2 aromatic rings. The van der Waals surface area contributed by atoms with Crippen LogP contribution >= 0.6 is 0 Å². The quantitative estimate of drug-likeness (QED) is 0.661. The second-order valence-corrected chi connectivity index (χ2v) is 6.66. The molecule has 0 aliphatic carbocycles. The van der Waals surface area contributed by atoms with Crippen LogP contribution in [0, 0.1) is 0 Å². The van der Waals surface area contributed by atoms with Crippen molar-refractivity contribution >= 4 is 21.3 Å². The molecule has 0 radical (unpaired) electrons. The summed E-state index contributed by atoms with van der Waals surface area (Å²) in [5.74, 6) is 0.598. The van der Waals surface area contributed by atoms with Gasteiger partial charge < -0.3 is 9.25 Å². The summed E-state index contributed by atoms with van der Waals surface area (Å²) in [6.45, 7) is 5.76. The largest absolute Gasteiger partial charge is 0.460 e. The lowest BCUT2D eigenvalue weighted by molar-refractivity contribution is 0.252. The third-order valence-corrected chi connectivity index (χ3v) is 3.00. The number of rotatable bonds is 3. The van der Waals surface area contributed by atoms with Gasteiger partial charge in [0.05, 0.1) is 5.39 Å². The first-order chi connectivity index (χ1) is 9.56. The molecule has 8 heteroatoms. The Balaban J connectivity index is 2.46. The Bertz CT molecular complexity index is 832. The number of benzene rings is 1. The molecule has 7 nitrogen and oxygen atoms in total. The number of hydrogen-bond donors (Lipinski definition) is 2. The molecule has 1 aromatic carbocycles. The van der Waals surface area contributed by atoms with Gasteiger partial charge in [0.2, 0.25) is 0 Å². The lowest BCUT2D eigenvalue weighted by Crippen LogP contribution is -2.26. The molecule has 0 fully saturated rings. The van der Waals surface area contributed by atoms with Crippen molar-refractivity contribution in [2.45, 2.75) is 26.2 Å². The van der Waals surface area contributed by atoms with Gasteiger partial charge in [-0.15, -0.1) is 0 Å². The van der Waals surface area contributed by atoms with Crippen LogP contribution in [0.1, 0.15) is 26.5 Å². The van der Waals surface area contributed by atoms with Crippen LogP contribution in [0.4, 0.5) is 0 Å². The van der Waals surface area contributed by atoms with Crippen LogP contribution in [0.2, 0.25) is 0 Å². The fourth-order valence-corrected chi connectivity index (χ4v) is 1.87. The normalized spacial score (nSPS) is 12.6. The Kier molecular flexibility index (Phi) is 3.79. The molecular weight excluding hydrogens is 298 g/mol. The molecule has 0 aliphatic heterocycles. The van der Waals surface area contributed by atoms with Crippen LogP contribution in [0.15, 0.2) is 33.5 Å². The molecule has 0 saturated carbocycles. The summed E-state index contributed by atoms with van der Waals surface area (Å²) in [5, 5.41) is 0.248. The van der Waals surface area contributed by atoms with E-state index in [2.05, 4.69) is 4.84 Å². The third kappa shape index (κ3) is 3.81. The highest BCUT2D eigenvalue weighted by Gasteiger charge is 2.19. The minimum absolute atomic E-state index is 0.0518. The Morgan fingerprint density at radius 3 is 2.48 bits per heavy atom. The predicted octanol–water partition coefficient (Wildman–Crippen LogP) is 1.78. The van der Waals surface area contributed by atoms with Crippen LogP contribution in [0.3, 0.4) is 0 Å². The molecule has 0 saturated heterocycles. The van der Waals surface area contributed by atoms with Crippen molar-refractivity contribution < 1.29 is 22.2 Å². The molecule has 1 aromatic heterocycles. The first-order valence-corrected chi connectivity index (χ1v) is 7.50. The van der Waals surface area contributed by atoms with Crippen molar-refractivity contribution in [1.29, 1.82) is 0 Å². The summed E-state index contributed by atoms with van der Waals surface area (Å²) in [6.07, 6.45) is 0. The van der Waals surface area contributed by atoms with Gasteiger partial charge in [-0.25, -0.2) is 0 Å². The first-order valence-electron chi connectivity index (χ1n) is 6.06. The molecule has 114 valence electrons. The summed E-state index contributed by atoms with van der Waals surface area (Å²) in [6, 6.07) is 5.62. The molecule has 1 heterocycles. The molecule has 0 unspecified atom stereocenters. The van der Waals surface area contributed by atoms with E-state index in [1.807, 2.05) is 20.8 Å². The van der Waals surface area contributed by atoms with Crippen LogP contribution in [0.25, 0.3) is 11.0 Å². The fourth-order valence-electron chi connectivity index (χ4n) is 1.67. The van der Waals surface area contributed by atoms with Crippen molar-refractivity contribution in [3.63, 3.8) is 0 Å². The van der Waals surface area contributed by atoms with Crippen LogP contribution in [-0.2, 0) is 15.7 Å². The average molecular weight is 313 g/mol. The topological polar surface area (TPSA) is 106 Å². The zero-order chi connectivity index (χ0) is 15.8. The van der Waals surface area contributed by atoms with Gasteiger partial charge >= 0.3 is 10.3 Å². The maximum absolute atomic E-state index is 12.1. The summed E-state index contributed by atoms with van der Waals surface area (Å²) in [4.78, 5) is 18.2. The van der Waals surface area contributed by atoms with Crippen LogP contribution in [-0.4, -0.2) is 13.0 Å². The van der Waals surface area contributed by atoms with E-state index < -0.39 is 10.3 Å². The summed E-state index contributed by atoms with van der Waals surface area (Å²) < 4.78 is 35.3. The second-order valence-electron chi connectivity index (χ2n) is 5.54. The summed E-state index contributed by atoms with van der Waals surface area (Å²) in [7, 11) is -4.49. The van der Waals surface area contributed by atoms with Crippen molar-refractivity contribution in [2.24, 2.45) is 0 Å². The lowest BCUT2D eigenvalue weighted by atomic mass is 9.92. The Morgan fingerprint density at radius 1 is 1.24 bits per heavy atom. The third-order valence-electron chi connectivity index (χ3n) is 2.70. The minimum atomic E-state index is -4.49. The van der Waals surface area contributed by atoms with E-state index in [0.717, 1.165) is 0 Å². The van der Waals surface area contributed by atoms with Crippen molar-refractivity contribution in [2.75, 3.05) is 0 Å². The molecule has 0 amide bonds. The Morgan fingerprint density at radius 2 is 1.90 bits per heavy atom. The molecular formula is C13H15NO6S. The molecule has 0 bridgehead atoms. The Hall–Kier alpha value is -1.90. The molecule has 2 N–H and O–H groups in total. The smallest absolute Gasteiger partial charge is 0.364 e. The fraction of sp³-hybridized carbons (Fsp3) is 0.308. The first kappa shape index (κ1) is 15.5. The predicted molar refractivity (Wildman–Crippen MR) is 76.5 cm³/mol.